The molecule has 27 heavy (non-hydrogen) atoms. The van der Waals surface area contributed by atoms with E-state index in [1.165, 1.54) is 6.07 Å². The Balaban J connectivity index is 2.06. The lowest BCUT2D eigenvalue weighted by molar-refractivity contribution is -0.385. The third-order valence-corrected chi connectivity index (χ3v) is 5.00. The molecule has 1 aromatic carbocycles. The van der Waals surface area contributed by atoms with Crippen molar-refractivity contribution in [2.75, 3.05) is 45.8 Å². The number of benzene rings is 1. The van der Waals surface area contributed by atoms with E-state index in [4.69, 9.17) is 0 Å². The molecule has 1 aliphatic heterocycles. The predicted octanol–water partition coefficient (Wildman–Crippen LogP) is 1.92. The number of nitrogens with zero attached hydrogens (tertiary/aromatic N) is 4. The second-order valence-corrected chi connectivity index (χ2v) is 6.72. The molecule has 0 spiro atoms. The number of rotatable bonds is 6. The van der Waals surface area contributed by atoms with E-state index in [-0.39, 0.29) is 23.1 Å². The van der Waals surface area contributed by atoms with Crippen molar-refractivity contribution >= 4 is 17.5 Å². The highest BCUT2D eigenvalue weighted by molar-refractivity contribution is 5.98. The molecule has 1 heterocycles. The molecule has 1 aromatic rings. The maximum Gasteiger partial charge on any atom is 0.285 e. The summed E-state index contributed by atoms with van der Waals surface area (Å²) >= 11 is 0. The lowest BCUT2D eigenvalue weighted by Crippen LogP contribution is -2.42. The van der Waals surface area contributed by atoms with Gasteiger partial charge in [0.15, 0.2) is 0 Å². The third-order valence-electron chi connectivity index (χ3n) is 5.00. The zero-order chi connectivity index (χ0) is 20.0. The number of amides is 2. The lowest BCUT2D eigenvalue weighted by atomic mass is 10.1. The Bertz CT molecular complexity index is 703. The quantitative estimate of drug-likeness (QED) is 0.559. The molecular weight excluding hydrogens is 348 g/mol. The number of carbonyl (C=O) groups excluding carboxylic acids is 2. The van der Waals surface area contributed by atoms with Crippen molar-refractivity contribution < 1.29 is 14.5 Å². The summed E-state index contributed by atoms with van der Waals surface area (Å²) in [6.07, 6.45) is 0.733. The second-order valence-electron chi connectivity index (χ2n) is 6.72. The summed E-state index contributed by atoms with van der Waals surface area (Å²) in [6, 6.07) is 4.82. The molecule has 0 bridgehead atoms. The van der Waals surface area contributed by atoms with Gasteiger partial charge in [0.25, 0.3) is 11.6 Å². The van der Waals surface area contributed by atoms with Gasteiger partial charge in [-0.1, -0.05) is 12.1 Å². The molecular formula is C19H28N4O4. The molecule has 0 saturated carbocycles. The van der Waals surface area contributed by atoms with Crippen LogP contribution in [-0.4, -0.2) is 77.3 Å². The Morgan fingerprint density at radius 2 is 1.85 bits per heavy atom. The minimum absolute atomic E-state index is 0.0918. The SMILES string of the molecule is CCN(CC)C(=O)CN1CCCN(C(=O)c2cccc(C)c2[N+](=O)[O-])CC1. The van der Waals surface area contributed by atoms with Crippen LogP contribution in [-0.2, 0) is 4.79 Å². The van der Waals surface area contributed by atoms with Gasteiger partial charge >= 0.3 is 0 Å². The number of para-hydroxylation sites is 1. The fraction of sp³-hybridized carbons (Fsp3) is 0.579. The second kappa shape index (κ2) is 9.45. The first-order chi connectivity index (χ1) is 12.9. The van der Waals surface area contributed by atoms with Crippen LogP contribution in [0.4, 0.5) is 5.69 Å². The molecule has 0 unspecified atom stereocenters. The first-order valence-corrected chi connectivity index (χ1v) is 9.42. The molecule has 8 heteroatoms. The van der Waals surface area contributed by atoms with Crippen LogP contribution in [0.15, 0.2) is 18.2 Å². The number of nitro benzene ring substituents is 1. The summed E-state index contributed by atoms with van der Waals surface area (Å²) in [7, 11) is 0. The Hall–Kier alpha value is -2.48. The number of likely N-dealkylation sites (N-methyl/N-ethyl adjacent to an activating group) is 1. The van der Waals surface area contributed by atoms with Gasteiger partial charge in [-0.05, 0) is 33.3 Å². The van der Waals surface area contributed by atoms with Gasteiger partial charge in [-0.25, -0.2) is 0 Å². The first-order valence-electron chi connectivity index (χ1n) is 9.42. The molecule has 1 saturated heterocycles. The molecule has 148 valence electrons. The van der Waals surface area contributed by atoms with Crippen LogP contribution in [0.25, 0.3) is 0 Å². The molecule has 0 aromatic heterocycles. The predicted molar refractivity (Wildman–Crippen MR) is 103 cm³/mol. The van der Waals surface area contributed by atoms with Gasteiger partial charge in [-0.3, -0.25) is 24.6 Å². The summed E-state index contributed by atoms with van der Waals surface area (Å²) in [4.78, 5) is 41.6. The highest BCUT2D eigenvalue weighted by Crippen LogP contribution is 2.24. The summed E-state index contributed by atoms with van der Waals surface area (Å²) in [5.41, 5.74) is 0.486. The number of hydrogen-bond donors (Lipinski definition) is 0. The Morgan fingerprint density at radius 3 is 2.48 bits per heavy atom. The van der Waals surface area contributed by atoms with Gasteiger partial charge in [0.05, 0.1) is 11.5 Å². The first kappa shape index (κ1) is 20.8. The Morgan fingerprint density at radius 1 is 1.15 bits per heavy atom. The normalized spacial score (nSPS) is 15.3. The van der Waals surface area contributed by atoms with Crippen LogP contribution in [0.2, 0.25) is 0 Å². The lowest BCUT2D eigenvalue weighted by Gasteiger charge is -2.25. The van der Waals surface area contributed by atoms with E-state index < -0.39 is 4.92 Å². The standard InChI is InChI=1S/C19H28N4O4/c1-4-21(5-2)17(24)14-20-10-7-11-22(13-12-20)19(25)16-9-6-8-15(3)18(16)23(26)27/h6,8-9H,4-5,7,10-14H2,1-3H3. The van der Waals surface area contributed by atoms with Crippen LogP contribution in [0.3, 0.4) is 0 Å². The molecule has 0 atom stereocenters. The van der Waals surface area contributed by atoms with E-state index >= 15 is 0 Å². The summed E-state index contributed by atoms with van der Waals surface area (Å²) in [5.74, 6) is -0.226. The number of aryl methyl sites for hydroxylation is 1. The van der Waals surface area contributed by atoms with E-state index in [1.54, 1.807) is 28.9 Å². The fourth-order valence-electron chi connectivity index (χ4n) is 3.44. The van der Waals surface area contributed by atoms with Gasteiger partial charge in [0.2, 0.25) is 5.91 Å². The van der Waals surface area contributed by atoms with E-state index in [2.05, 4.69) is 4.90 Å². The Labute approximate surface area is 159 Å². The smallest absolute Gasteiger partial charge is 0.285 e. The summed E-state index contributed by atoms with van der Waals surface area (Å²) in [5, 5.41) is 11.4. The number of nitro groups is 1. The molecule has 0 radical (unpaired) electrons. The van der Waals surface area contributed by atoms with E-state index in [1.807, 2.05) is 13.8 Å². The number of carbonyl (C=O) groups is 2. The molecule has 8 nitrogen and oxygen atoms in total. The van der Waals surface area contributed by atoms with Crippen molar-refractivity contribution in [3.05, 3.63) is 39.4 Å². The minimum atomic E-state index is -0.491. The molecule has 1 aliphatic rings. The van der Waals surface area contributed by atoms with E-state index in [9.17, 15) is 19.7 Å². The van der Waals surface area contributed by atoms with Crippen molar-refractivity contribution in [2.45, 2.75) is 27.2 Å². The average molecular weight is 376 g/mol. The van der Waals surface area contributed by atoms with Gasteiger partial charge in [-0.15, -0.1) is 0 Å². The van der Waals surface area contributed by atoms with Crippen LogP contribution in [0.1, 0.15) is 36.2 Å². The summed E-state index contributed by atoms with van der Waals surface area (Å²) in [6.45, 7) is 9.56. The van der Waals surface area contributed by atoms with Gasteiger partial charge in [0.1, 0.15) is 5.56 Å². The molecule has 2 rings (SSSR count). The number of hydrogen-bond acceptors (Lipinski definition) is 5. The minimum Gasteiger partial charge on any atom is -0.342 e. The molecule has 1 fully saturated rings. The average Bonchev–Trinajstić information content (AvgIpc) is 2.87. The Kier molecular flexibility index (Phi) is 7.29. The van der Waals surface area contributed by atoms with Crippen molar-refractivity contribution in [3.8, 4) is 0 Å². The van der Waals surface area contributed by atoms with Gasteiger partial charge < -0.3 is 9.80 Å². The van der Waals surface area contributed by atoms with Crippen molar-refractivity contribution in [3.63, 3.8) is 0 Å². The molecule has 2 amide bonds. The molecule has 0 N–H and O–H groups in total. The van der Waals surface area contributed by atoms with E-state index in [0.717, 1.165) is 13.0 Å². The zero-order valence-electron chi connectivity index (χ0n) is 16.3. The zero-order valence-corrected chi connectivity index (χ0v) is 16.3. The van der Waals surface area contributed by atoms with E-state index in [0.29, 0.717) is 44.8 Å². The van der Waals surface area contributed by atoms with Crippen LogP contribution in [0, 0.1) is 17.0 Å². The van der Waals surface area contributed by atoms with Gasteiger partial charge in [0, 0.05) is 44.8 Å². The van der Waals surface area contributed by atoms with Gasteiger partial charge in [-0.2, -0.15) is 0 Å². The van der Waals surface area contributed by atoms with Crippen molar-refractivity contribution in [2.24, 2.45) is 0 Å². The van der Waals surface area contributed by atoms with Crippen molar-refractivity contribution in [1.29, 1.82) is 0 Å². The third kappa shape index (κ3) is 5.03. The maximum atomic E-state index is 12.9. The van der Waals surface area contributed by atoms with Crippen molar-refractivity contribution in [1.82, 2.24) is 14.7 Å². The maximum absolute atomic E-state index is 12.9. The monoisotopic (exact) mass is 376 g/mol. The van der Waals surface area contributed by atoms with Crippen LogP contribution >= 0.6 is 0 Å². The highest BCUT2D eigenvalue weighted by Gasteiger charge is 2.28. The summed E-state index contributed by atoms with van der Waals surface area (Å²) < 4.78 is 0. The van der Waals surface area contributed by atoms with Crippen LogP contribution in [0.5, 0.6) is 0 Å². The highest BCUT2D eigenvalue weighted by atomic mass is 16.6. The topological polar surface area (TPSA) is 87.0 Å². The largest absolute Gasteiger partial charge is 0.342 e. The fourth-order valence-corrected chi connectivity index (χ4v) is 3.44. The molecule has 0 aliphatic carbocycles. The van der Waals surface area contributed by atoms with Crippen LogP contribution < -0.4 is 0 Å².